The van der Waals surface area contributed by atoms with E-state index in [0.717, 1.165) is 19.5 Å². The van der Waals surface area contributed by atoms with Gasteiger partial charge in [0.1, 0.15) is 0 Å². The molecule has 0 bridgehead atoms. The Morgan fingerprint density at radius 2 is 2.38 bits per heavy atom. The number of hydroxylamine groups is 1. The number of nitrogens with one attached hydrogen (secondary N) is 1. The van der Waals surface area contributed by atoms with E-state index in [9.17, 15) is 0 Å². The van der Waals surface area contributed by atoms with E-state index in [1.807, 2.05) is 5.48 Å². The Labute approximate surface area is 78.6 Å². The molecule has 4 N–H and O–H groups in total. The maximum absolute atomic E-state index is 8.49. The smallest absolute Gasteiger partial charge is 0.213 e. The SMILES string of the molecule is CC1CN(C)CCC1N=C(N)NO. The van der Waals surface area contributed by atoms with Gasteiger partial charge in [0.2, 0.25) is 5.96 Å². The quantitative estimate of drug-likeness (QED) is 0.296. The fourth-order valence-corrected chi connectivity index (χ4v) is 1.74. The molecule has 0 saturated carbocycles. The Bertz CT molecular complexity index is 195. The zero-order valence-corrected chi connectivity index (χ0v) is 8.20. The number of guanidine groups is 1. The summed E-state index contributed by atoms with van der Waals surface area (Å²) < 4.78 is 0. The van der Waals surface area contributed by atoms with Gasteiger partial charge in [0.05, 0.1) is 6.04 Å². The van der Waals surface area contributed by atoms with Gasteiger partial charge in [0.25, 0.3) is 0 Å². The third-order valence-electron chi connectivity index (χ3n) is 2.48. The highest BCUT2D eigenvalue weighted by molar-refractivity contribution is 5.76. The lowest BCUT2D eigenvalue weighted by atomic mass is 9.95. The summed E-state index contributed by atoms with van der Waals surface area (Å²) in [5, 5.41) is 8.49. The zero-order valence-electron chi connectivity index (χ0n) is 8.20. The molecule has 5 heteroatoms. The maximum Gasteiger partial charge on any atom is 0.213 e. The van der Waals surface area contributed by atoms with Crippen LogP contribution in [-0.4, -0.2) is 42.2 Å². The number of hydrogen-bond donors (Lipinski definition) is 3. The van der Waals surface area contributed by atoms with Crippen molar-refractivity contribution in [3.05, 3.63) is 0 Å². The van der Waals surface area contributed by atoms with Crippen LogP contribution in [0.4, 0.5) is 0 Å². The third kappa shape index (κ3) is 2.86. The second kappa shape index (κ2) is 4.43. The lowest BCUT2D eigenvalue weighted by molar-refractivity contribution is 0.194. The summed E-state index contributed by atoms with van der Waals surface area (Å²) >= 11 is 0. The first-order valence-electron chi connectivity index (χ1n) is 4.55. The van der Waals surface area contributed by atoms with Crippen molar-refractivity contribution in [2.24, 2.45) is 16.6 Å². The lowest BCUT2D eigenvalue weighted by Gasteiger charge is -2.32. The van der Waals surface area contributed by atoms with Crippen molar-refractivity contribution in [1.82, 2.24) is 10.4 Å². The Kier molecular flexibility index (Phi) is 3.50. The zero-order chi connectivity index (χ0) is 9.84. The number of nitrogens with two attached hydrogens (primary N) is 1. The minimum Gasteiger partial charge on any atom is -0.368 e. The van der Waals surface area contributed by atoms with Crippen LogP contribution in [0.5, 0.6) is 0 Å². The molecule has 1 fully saturated rings. The van der Waals surface area contributed by atoms with Gasteiger partial charge in [0, 0.05) is 6.54 Å². The summed E-state index contributed by atoms with van der Waals surface area (Å²) in [5.41, 5.74) is 7.23. The Hall–Kier alpha value is -0.810. The van der Waals surface area contributed by atoms with Gasteiger partial charge in [-0.15, -0.1) is 0 Å². The van der Waals surface area contributed by atoms with Gasteiger partial charge in [-0.05, 0) is 25.9 Å². The van der Waals surface area contributed by atoms with Crippen molar-refractivity contribution in [3.8, 4) is 0 Å². The number of nitrogens with zero attached hydrogens (tertiary/aromatic N) is 2. The minimum absolute atomic E-state index is 0.112. The molecule has 1 rings (SSSR count). The van der Waals surface area contributed by atoms with Crippen LogP contribution >= 0.6 is 0 Å². The number of aliphatic imine (C=N–C) groups is 1. The van der Waals surface area contributed by atoms with Crippen molar-refractivity contribution in [3.63, 3.8) is 0 Å². The molecule has 1 aliphatic rings. The Morgan fingerprint density at radius 1 is 1.69 bits per heavy atom. The molecule has 0 amide bonds. The second-order valence-electron chi connectivity index (χ2n) is 3.72. The maximum atomic E-state index is 8.49. The summed E-state index contributed by atoms with van der Waals surface area (Å²) in [7, 11) is 2.10. The van der Waals surface area contributed by atoms with Crippen LogP contribution in [-0.2, 0) is 0 Å². The molecule has 0 aromatic rings. The van der Waals surface area contributed by atoms with E-state index in [-0.39, 0.29) is 12.0 Å². The van der Waals surface area contributed by atoms with Crippen molar-refractivity contribution in [2.45, 2.75) is 19.4 Å². The van der Waals surface area contributed by atoms with E-state index in [0.29, 0.717) is 5.92 Å². The van der Waals surface area contributed by atoms with Crippen molar-refractivity contribution in [2.75, 3.05) is 20.1 Å². The molecule has 13 heavy (non-hydrogen) atoms. The van der Waals surface area contributed by atoms with Crippen LogP contribution in [0.15, 0.2) is 4.99 Å². The molecule has 1 aliphatic heterocycles. The molecule has 1 heterocycles. The fraction of sp³-hybridized carbons (Fsp3) is 0.875. The van der Waals surface area contributed by atoms with Gasteiger partial charge in [0.15, 0.2) is 0 Å². The van der Waals surface area contributed by atoms with Gasteiger partial charge in [-0.25, -0.2) is 10.5 Å². The monoisotopic (exact) mass is 186 g/mol. The summed E-state index contributed by atoms with van der Waals surface area (Å²) in [6.07, 6.45) is 1.00. The molecule has 5 nitrogen and oxygen atoms in total. The van der Waals surface area contributed by atoms with Crippen LogP contribution < -0.4 is 11.2 Å². The lowest BCUT2D eigenvalue weighted by Crippen LogP contribution is -2.41. The molecule has 0 aromatic heterocycles. The summed E-state index contributed by atoms with van der Waals surface area (Å²) in [6.45, 7) is 4.22. The van der Waals surface area contributed by atoms with E-state index in [1.54, 1.807) is 0 Å². The molecule has 76 valence electrons. The third-order valence-corrected chi connectivity index (χ3v) is 2.48. The van der Waals surface area contributed by atoms with E-state index < -0.39 is 0 Å². The van der Waals surface area contributed by atoms with Crippen LogP contribution in [0.25, 0.3) is 0 Å². The van der Waals surface area contributed by atoms with Gasteiger partial charge < -0.3 is 10.6 Å². The highest BCUT2D eigenvalue weighted by Gasteiger charge is 2.23. The van der Waals surface area contributed by atoms with Crippen LogP contribution in [0.3, 0.4) is 0 Å². The predicted molar refractivity (Wildman–Crippen MR) is 51.6 cm³/mol. The molecular formula is C8H18N4O. The molecule has 1 saturated heterocycles. The van der Waals surface area contributed by atoms with Crippen molar-refractivity contribution < 1.29 is 5.21 Å². The minimum atomic E-state index is 0.112. The van der Waals surface area contributed by atoms with Crippen LogP contribution in [0, 0.1) is 5.92 Å². The van der Waals surface area contributed by atoms with Crippen LogP contribution in [0.1, 0.15) is 13.3 Å². The highest BCUT2D eigenvalue weighted by Crippen LogP contribution is 2.18. The standard InChI is InChI=1S/C8H18N4O/c1-6-5-12(2)4-3-7(6)10-8(9)11-13/h6-7,13H,3-5H2,1-2H3,(H3,9,10,11). The van der Waals surface area contributed by atoms with Crippen LogP contribution in [0.2, 0.25) is 0 Å². The van der Waals surface area contributed by atoms with E-state index in [2.05, 4.69) is 23.9 Å². The first-order chi connectivity index (χ1) is 6.13. The highest BCUT2D eigenvalue weighted by atomic mass is 16.5. The van der Waals surface area contributed by atoms with Gasteiger partial charge >= 0.3 is 0 Å². The first kappa shape index (κ1) is 10.3. The van der Waals surface area contributed by atoms with E-state index in [4.69, 9.17) is 10.9 Å². The van der Waals surface area contributed by atoms with Crippen molar-refractivity contribution in [1.29, 1.82) is 0 Å². The number of piperidine rings is 1. The molecule has 0 aliphatic carbocycles. The second-order valence-corrected chi connectivity index (χ2v) is 3.72. The molecule has 0 spiro atoms. The topological polar surface area (TPSA) is 73.9 Å². The Balaban J connectivity index is 2.51. The summed E-state index contributed by atoms with van der Waals surface area (Å²) in [6, 6.07) is 0.232. The summed E-state index contributed by atoms with van der Waals surface area (Å²) in [5.74, 6) is 0.604. The fourth-order valence-electron chi connectivity index (χ4n) is 1.74. The average Bonchev–Trinajstić information content (AvgIpc) is 2.09. The number of likely N-dealkylation sites (tertiary alicyclic amines) is 1. The van der Waals surface area contributed by atoms with Gasteiger partial charge in [-0.3, -0.25) is 5.21 Å². The molecule has 0 aromatic carbocycles. The molecule has 2 unspecified atom stereocenters. The van der Waals surface area contributed by atoms with E-state index in [1.165, 1.54) is 0 Å². The Morgan fingerprint density at radius 3 is 2.92 bits per heavy atom. The normalized spacial score (nSPS) is 31.8. The van der Waals surface area contributed by atoms with Gasteiger partial charge in [-0.2, -0.15) is 0 Å². The molecule has 0 radical (unpaired) electrons. The largest absolute Gasteiger partial charge is 0.368 e. The predicted octanol–water partition coefficient (Wildman–Crippen LogP) is -0.380. The number of hydrogen-bond acceptors (Lipinski definition) is 3. The molecular weight excluding hydrogens is 168 g/mol. The number of rotatable bonds is 1. The van der Waals surface area contributed by atoms with E-state index >= 15 is 0 Å². The molecule has 2 atom stereocenters. The van der Waals surface area contributed by atoms with Gasteiger partial charge in [-0.1, -0.05) is 6.92 Å². The first-order valence-corrected chi connectivity index (χ1v) is 4.55. The van der Waals surface area contributed by atoms with Crippen molar-refractivity contribution >= 4 is 5.96 Å². The summed E-state index contributed by atoms with van der Waals surface area (Å²) in [4.78, 5) is 6.45. The average molecular weight is 186 g/mol.